The predicted molar refractivity (Wildman–Crippen MR) is 75.0 cm³/mol. The van der Waals surface area contributed by atoms with Gasteiger partial charge in [-0.1, -0.05) is 6.07 Å². The molecule has 0 saturated heterocycles. The lowest BCUT2D eigenvalue weighted by Gasteiger charge is -2.16. The van der Waals surface area contributed by atoms with Crippen molar-refractivity contribution < 1.29 is 13.2 Å². The number of alkyl halides is 3. The van der Waals surface area contributed by atoms with Gasteiger partial charge in [-0.05, 0) is 18.6 Å². The van der Waals surface area contributed by atoms with Gasteiger partial charge in [0.2, 0.25) is 0 Å². The van der Waals surface area contributed by atoms with Gasteiger partial charge in [-0.25, -0.2) is 9.67 Å². The molecule has 1 aliphatic heterocycles. The SMILES string of the molecule is CC(c1ccc(C(F)(F)F)nc1)n1nc(C#N)c2c1N=CNC2. The topological polar surface area (TPSA) is 78.9 Å². The Morgan fingerprint density at radius 1 is 1.39 bits per heavy atom. The zero-order valence-electron chi connectivity index (χ0n) is 12.0. The summed E-state index contributed by atoms with van der Waals surface area (Å²) >= 11 is 0. The maximum atomic E-state index is 12.6. The molecule has 0 aliphatic carbocycles. The fraction of sp³-hybridized carbons (Fsp3) is 0.286. The number of pyridine rings is 1. The second kappa shape index (κ2) is 5.39. The molecule has 2 aromatic heterocycles. The van der Waals surface area contributed by atoms with Crippen molar-refractivity contribution in [1.82, 2.24) is 20.1 Å². The van der Waals surface area contributed by atoms with Crippen molar-refractivity contribution in [1.29, 1.82) is 5.26 Å². The van der Waals surface area contributed by atoms with E-state index in [1.807, 2.05) is 6.07 Å². The van der Waals surface area contributed by atoms with Crippen molar-refractivity contribution in [3.05, 3.63) is 40.8 Å². The van der Waals surface area contributed by atoms with Gasteiger partial charge in [0.1, 0.15) is 11.8 Å². The van der Waals surface area contributed by atoms with Crippen molar-refractivity contribution in [3.63, 3.8) is 0 Å². The summed E-state index contributed by atoms with van der Waals surface area (Å²) < 4.78 is 39.3. The fourth-order valence-corrected chi connectivity index (χ4v) is 2.34. The molecule has 23 heavy (non-hydrogen) atoms. The maximum Gasteiger partial charge on any atom is 0.433 e. The van der Waals surface area contributed by atoms with Crippen molar-refractivity contribution in [3.8, 4) is 6.07 Å². The van der Waals surface area contributed by atoms with Gasteiger partial charge >= 0.3 is 6.18 Å². The molecule has 9 heteroatoms. The summed E-state index contributed by atoms with van der Waals surface area (Å²) in [7, 11) is 0. The summed E-state index contributed by atoms with van der Waals surface area (Å²) in [6, 6.07) is 3.88. The van der Waals surface area contributed by atoms with E-state index in [9.17, 15) is 13.2 Å². The first-order valence-corrected chi connectivity index (χ1v) is 6.72. The molecule has 0 radical (unpaired) electrons. The molecule has 0 aromatic carbocycles. The van der Waals surface area contributed by atoms with Gasteiger partial charge in [0.15, 0.2) is 11.5 Å². The van der Waals surface area contributed by atoms with E-state index in [-0.39, 0.29) is 5.69 Å². The third kappa shape index (κ3) is 2.63. The summed E-state index contributed by atoms with van der Waals surface area (Å²) in [5, 5.41) is 16.3. The summed E-state index contributed by atoms with van der Waals surface area (Å²) in [6.07, 6.45) is -1.81. The molecule has 2 aromatic rings. The molecule has 0 bridgehead atoms. The van der Waals surface area contributed by atoms with Crippen molar-refractivity contribution in [2.75, 3.05) is 0 Å². The van der Waals surface area contributed by atoms with Gasteiger partial charge in [0, 0.05) is 12.7 Å². The lowest BCUT2D eigenvalue weighted by atomic mass is 10.1. The second-order valence-electron chi connectivity index (χ2n) is 5.00. The van der Waals surface area contributed by atoms with Gasteiger partial charge in [-0.2, -0.15) is 23.5 Å². The number of rotatable bonds is 2. The van der Waals surface area contributed by atoms with E-state index in [0.717, 1.165) is 6.07 Å². The number of nitriles is 1. The standard InChI is InChI=1S/C14H11F3N6/c1-8(9-2-3-12(20-5-9)14(15,16)17)23-13-10(6-19-7-21-13)11(4-18)22-23/h2-3,5,7-8H,6H2,1H3,(H,19,21). The molecule has 6 nitrogen and oxygen atoms in total. The molecular weight excluding hydrogens is 309 g/mol. The van der Waals surface area contributed by atoms with Crippen LogP contribution in [0.2, 0.25) is 0 Å². The first kappa shape index (κ1) is 15.0. The van der Waals surface area contributed by atoms with E-state index in [1.54, 1.807) is 6.92 Å². The lowest BCUT2D eigenvalue weighted by molar-refractivity contribution is -0.141. The molecular formula is C14H11F3N6. The molecule has 118 valence electrons. The smallest absolute Gasteiger partial charge is 0.372 e. The minimum atomic E-state index is -4.48. The van der Waals surface area contributed by atoms with Gasteiger partial charge in [0.05, 0.1) is 17.9 Å². The van der Waals surface area contributed by atoms with Crippen molar-refractivity contribution >= 4 is 12.2 Å². The van der Waals surface area contributed by atoms with Crippen molar-refractivity contribution in [2.24, 2.45) is 4.99 Å². The highest BCUT2D eigenvalue weighted by molar-refractivity contribution is 5.66. The first-order valence-electron chi connectivity index (χ1n) is 6.72. The maximum absolute atomic E-state index is 12.6. The zero-order chi connectivity index (χ0) is 16.6. The highest BCUT2D eigenvalue weighted by Gasteiger charge is 2.32. The number of nitrogens with one attached hydrogen (secondary N) is 1. The van der Waals surface area contributed by atoms with E-state index in [0.29, 0.717) is 23.5 Å². The van der Waals surface area contributed by atoms with Crippen molar-refractivity contribution in [2.45, 2.75) is 25.7 Å². The highest BCUT2D eigenvalue weighted by atomic mass is 19.4. The van der Waals surface area contributed by atoms with Crippen LogP contribution in [-0.4, -0.2) is 21.1 Å². The molecule has 0 amide bonds. The van der Waals surface area contributed by atoms with E-state index in [4.69, 9.17) is 5.26 Å². The number of nitrogens with zero attached hydrogens (tertiary/aromatic N) is 5. The van der Waals surface area contributed by atoms with Crippen LogP contribution in [0.1, 0.15) is 35.5 Å². The lowest BCUT2D eigenvalue weighted by Crippen LogP contribution is -2.16. The summed E-state index contributed by atoms with van der Waals surface area (Å²) in [5.74, 6) is 0.521. The van der Waals surface area contributed by atoms with Gasteiger partial charge in [-0.15, -0.1) is 0 Å². The van der Waals surface area contributed by atoms with E-state index < -0.39 is 17.9 Å². The Balaban J connectivity index is 1.99. The van der Waals surface area contributed by atoms with Crippen LogP contribution in [0.3, 0.4) is 0 Å². The molecule has 3 heterocycles. The molecule has 1 aliphatic rings. The molecule has 0 fully saturated rings. The molecule has 0 saturated carbocycles. The third-order valence-electron chi connectivity index (χ3n) is 3.57. The van der Waals surface area contributed by atoms with Gasteiger partial charge in [0.25, 0.3) is 0 Å². The average molecular weight is 320 g/mol. The predicted octanol–water partition coefficient (Wildman–Crippen LogP) is 2.54. The number of fused-ring (bicyclic) bond motifs is 1. The Hall–Kier alpha value is -2.89. The monoisotopic (exact) mass is 320 g/mol. The van der Waals surface area contributed by atoms with Crippen LogP contribution in [0.25, 0.3) is 0 Å². The average Bonchev–Trinajstić information content (AvgIpc) is 2.92. The number of halogens is 3. The first-order chi connectivity index (χ1) is 10.9. The summed E-state index contributed by atoms with van der Waals surface area (Å²) in [4.78, 5) is 7.63. The number of hydrogen-bond acceptors (Lipinski definition) is 5. The Morgan fingerprint density at radius 2 is 2.17 bits per heavy atom. The van der Waals surface area contributed by atoms with Crippen LogP contribution in [0.15, 0.2) is 23.3 Å². The normalized spacial score (nSPS) is 14.7. The van der Waals surface area contributed by atoms with E-state index in [1.165, 1.54) is 23.3 Å². The Labute approximate surface area is 129 Å². The molecule has 1 N–H and O–H groups in total. The number of aromatic nitrogens is 3. The van der Waals surface area contributed by atoms with Crippen LogP contribution in [0, 0.1) is 11.3 Å². The Kier molecular flexibility index (Phi) is 3.52. The van der Waals surface area contributed by atoms with Crippen LogP contribution in [0.4, 0.5) is 19.0 Å². The summed E-state index contributed by atoms with van der Waals surface area (Å²) in [6.45, 7) is 2.19. The quantitative estimate of drug-likeness (QED) is 0.922. The van der Waals surface area contributed by atoms with Crippen LogP contribution in [-0.2, 0) is 12.7 Å². The minimum absolute atomic E-state index is 0.246. The van der Waals surface area contributed by atoms with E-state index in [2.05, 4.69) is 20.4 Å². The highest BCUT2D eigenvalue weighted by Crippen LogP contribution is 2.32. The molecule has 0 spiro atoms. The van der Waals surface area contributed by atoms with E-state index >= 15 is 0 Å². The summed E-state index contributed by atoms with van der Waals surface area (Å²) in [5.41, 5.74) is 0.509. The van der Waals surface area contributed by atoms with Gasteiger partial charge < -0.3 is 5.32 Å². The molecule has 1 atom stereocenters. The molecule has 1 unspecified atom stereocenters. The van der Waals surface area contributed by atoms with Crippen LogP contribution < -0.4 is 5.32 Å². The Morgan fingerprint density at radius 3 is 2.78 bits per heavy atom. The number of aliphatic imine (C=N–C) groups is 1. The zero-order valence-corrected chi connectivity index (χ0v) is 12.0. The van der Waals surface area contributed by atoms with Crippen LogP contribution >= 0.6 is 0 Å². The third-order valence-corrected chi connectivity index (χ3v) is 3.57. The number of hydrogen-bond donors (Lipinski definition) is 1. The van der Waals surface area contributed by atoms with Gasteiger partial charge in [-0.3, -0.25) is 4.98 Å². The fourth-order valence-electron chi connectivity index (χ4n) is 2.34. The molecule has 3 rings (SSSR count). The Bertz CT molecular complexity index is 798. The second-order valence-corrected chi connectivity index (χ2v) is 5.00. The largest absolute Gasteiger partial charge is 0.433 e. The van der Waals surface area contributed by atoms with Crippen LogP contribution in [0.5, 0.6) is 0 Å². The minimum Gasteiger partial charge on any atom is -0.372 e.